The number of nitrogens with zero attached hydrogens (tertiary/aromatic N) is 1. The van der Waals surface area contributed by atoms with Gasteiger partial charge in [-0.1, -0.05) is 36.4 Å². The number of guanidine groups is 1. The summed E-state index contributed by atoms with van der Waals surface area (Å²) in [5.41, 5.74) is 2.45. The van der Waals surface area contributed by atoms with Crippen molar-refractivity contribution < 1.29 is 33.8 Å². The van der Waals surface area contributed by atoms with E-state index in [1.807, 2.05) is 24.3 Å². The van der Waals surface area contributed by atoms with Gasteiger partial charge >= 0.3 is 12.2 Å². The lowest BCUT2D eigenvalue weighted by Gasteiger charge is -2.21. The molecule has 4 rings (SSSR count). The van der Waals surface area contributed by atoms with Crippen molar-refractivity contribution in [3.8, 4) is 0 Å². The first kappa shape index (κ1) is 34.6. The van der Waals surface area contributed by atoms with Gasteiger partial charge in [-0.2, -0.15) is 0 Å². The molecule has 5 N–H and O–H groups in total. The lowest BCUT2D eigenvalue weighted by molar-refractivity contribution is -0.122. The molecule has 0 aliphatic heterocycles. The number of ether oxygens (including phenoxy) is 2. The Balaban J connectivity index is 1.34. The zero-order chi connectivity index (χ0) is 34.4. The van der Waals surface area contributed by atoms with Crippen molar-refractivity contribution in [2.24, 2.45) is 4.99 Å². The Morgan fingerprint density at radius 2 is 1.40 bits per heavy atom. The second kappa shape index (κ2) is 14.5. The number of benzene rings is 3. The van der Waals surface area contributed by atoms with Gasteiger partial charge in [-0.3, -0.25) is 14.9 Å². The molecule has 0 spiro atoms. The maximum Gasteiger partial charge on any atom is 0.437 e. The van der Waals surface area contributed by atoms with Gasteiger partial charge in [0.15, 0.2) is 0 Å². The molecule has 12 heteroatoms. The Hall–Kier alpha value is -5.23. The molecule has 0 aromatic heterocycles. The lowest BCUT2D eigenvalue weighted by atomic mass is 10.1. The van der Waals surface area contributed by atoms with Crippen molar-refractivity contribution in [1.82, 2.24) is 10.6 Å². The first-order valence-electron chi connectivity index (χ1n) is 15.2. The fraction of sp³-hybridized carbons (Fsp3) is 0.343. The van der Waals surface area contributed by atoms with Crippen molar-refractivity contribution in [2.45, 2.75) is 77.7 Å². The Morgan fingerprint density at radius 1 is 0.809 bits per heavy atom. The van der Waals surface area contributed by atoms with Gasteiger partial charge in [0.05, 0.1) is 18.6 Å². The van der Waals surface area contributed by atoms with E-state index in [0.29, 0.717) is 23.4 Å². The average molecular weight is 644 g/mol. The lowest BCUT2D eigenvalue weighted by Crippen LogP contribution is -2.40. The highest BCUT2D eigenvalue weighted by atomic mass is 16.6. The standard InChI is InChI=1S/C35H41N5O7/c1-34(2,3)46-32(44)39-31(40-33(45)47-35(4,5)6)37-25-17-13-22(14-18-25)30(43)36-24-15-11-21(12-16-24)19-28(42)38-29-26-10-8-7-9-23(26)20-27(29)41/h7-18,27,29,41H,19-20H2,1-6H3,(H,36,43)(H,38,42)(H2,37,39,40,44,45)/t27-,29+/m1/s1. The van der Waals surface area contributed by atoms with Crippen LogP contribution in [0.2, 0.25) is 0 Å². The number of alkyl carbamates (subject to hydrolysis) is 1. The van der Waals surface area contributed by atoms with E-state index >= 15 is 0 Å². The first-order chi connectivity index (χ1) is 22.0. The first-order valence-corrected chi connectivity index (χ1v) is 15.2. The summed E-state index contributed by atoms with van der Waals surface area (Å²) in [7, 11) is 0. The Labute approximate surface area is 274 Å². The van der Waals surface area contributed by atoms with Crippen molar-refractivity contribution in [1.29, 1.82) is 0 Å². The van der Waals surface area contributed by atoms with Crippen LogP contribution in [-0.4, -0.2) is 52.4 Å². The van der Waals surface area contributed by atoms with Crippen LogP contribution in [-0.2, 0) is 27.1 Å². The van der Waals surface area contributed by atoms with Crippen LogP contribution in [0.15, 0.2) is 77.8 Å². The molecular weight excluding hydrogens is 602 g/mol. The quantitative estimate of drug-likeness (QED) is 0.174. The SMILES string of the molecule is CC(C)(C)OC(=O)/N=C(/NC(=O)OC(C)(C)C)Nc1ccc(C(=O)Nc2ccc(CC(=O)N[C@H]3c4ccccc4C[C@H]3O)cc2)cc1. The molecule has 1 aliphatic rings. The van der Waals surface area contributed by atoms with Crippen molar-refractivity contribution in [2.75, 3.05) is 10.6 Å². The molecule has 0 unspecified atom stereocenters. The van der Waals surface area contributed by atoms with Crippen molar-refractivity contribution in [3.05, 3.63) is 95.1 Å². The van der Waals surface area contributed by atoms with E-state index in [1.165, 1.54) is 0 Å². The van der Waals surface area contributed by atoms with E-state index in [9.17, 15) is 24.3 Å². The molecule has 2 atom stereocenters. The summed E-state index contributed by atoms with van der Waals surface area (Å²) in [6.07, 6.45) is -1.79. The molecule has 0 saturated carbocycles. The van der Waals surface area contributed by atoms with Gasteiger partial charge in [0, 0.05) is 23.4 Å². The number of anilines is 2. The molecule has 3 aromatic carbocycles. The summed E-state index contributed by atoms with van der Waals surface area (Å²) in [6, 6.07) is 20.4. The third kappa shape index (κ3) is 10.7. The number of nitrogens with one attached hydrogen (secondary N) is 4. The molecule has 3 aromatic rings. The van der Waals surface area contributed by atoms with E-state index in [-0.39, 0.29) is 24.2 Å². The molecule has 0 fully saturated rings. The van der Waals surface area contributed by atoms with E-state index in [2.05, 4.69) is 26.3 Å². The maximum absolute atomic E-state index is 12.9. The Kier molecular flexibility index (Phi) is 10.7. The number of hydrogen-bond donors (Lipinski definition) is 5. The monoisotopic (exact) mass is 643 g/mol. The van der Waals surface area contributed by atoms with Crippen LogP contribution in [0, 0.1) is 0 Å². The van der Waals surface area contributed by atoms with Crippen LogP contribution in [0.4, 0.5) is 21.0 Å². The summed E-state index contributed by atoms with van der Waals surface area (Å²) in [6.45, 7) is 10.2. The van der Waals surface area contributed by atoms with Crippen LogP contribution in [0.3, 0.4) is 0 Å². The fourth-order valence-electron chi connectivity index (χ4n) is 4.77. The second-order valence-corrected chi connectivity index (χ2v) is 13.1. The molecule has 0 saturated heterocycles. The van der Waals surface area contributed by atoms with E-state index in [1.54, 1.807) is 90.1 Å². The van der Waals surface area contributed by atoms with Gasteiger partial charge < -0.3 is 30.5 Å². The van der Waals surface area contributed by atoms with Gasteiger partial charge in [-0.05, 0) is 94.6 Å². The van der Waals surface area contributed by atoms with Gasteiger partial charge in [-0.15, -0.1) is 4.99 Å². The van der Waals surface area contributed by atoms with E-state index in [4.69, 9.17) is 9.47 Å². The molecule has 12 nitrogen and oxygen atoms in total. The number of rotatable bonds is 6. The predicted molar refractivity (Wildman–Crippen MR) is 178 cm³/mol. The van der Waals surface area contributed by atoms with E-state index in [0.717, 1.165) is 16.7 Å². The number of fused-ring (bicyclic) bond motifs is 1. The van der Waals surface area contributed by atoms with Gasteiger partial charge in [0.25, 0.3) is 5.91 Å². The number of carbonyl (C=O) groups is 4. The number of aliphatic imine (C=N–C) groups is 1. The molecule has 47 heavy (non-hydrogen) atoms. The topological polar surface area (TPSA) is 167 Å². The number of hydrogen-bond acceptors (Lipinski definition) is 7. The minimum Gasteiger partial charge on any atom is -0.444 e. The largest absolute Gasteiger partial charge is 0.444 e. The average Bonchev–Trinajstić information content (AvgIpc) is 3.26. The third-order valence-electron chi connectivity index (χ3n) is 6.72. The normalized spacial score (nSPS) is 16.0. The number of carbonyl (C=O) groups excluding carboxylic acids is 4. The van der Waals surface area contributed by atoms with Crippen LogP contribution in [0.5, 0.6) is 0 Å². The zero-order valence-corrected chi connectivity index (χ0v) is 27.3. The predicted octanol–water partition coefficient (Wildman–Crippen LogP) is 5.48. The van der Waals surface area contributed by atoms with Gasteiger partial charge in [0.1, 0.15) is 11.2 Å². The molecular formula is C35H41N5O7. The molecule has 0 heterocycles. The molecule has 4 amide bonds. The summed E-state index contributed by atoms with van der Waals surface area (Å²) in [5, 5.41) is 21.4. The molecule has 248 valence electrons. The minimum atomic E-state index is -0.919. The highest BCUT2D eigenvalue weighted by Gasteiger charge is 2.31. The summed E-state index contributed by atoms with van der Waals surface area (Å²) < 4.78 is 10.5. The molecule has 0 bridgehead atoms. The molecule has 1 aliphatic carbocycles. The zero-order valence-electron chi connectivity index (χ0n) is 27.3. The minimum absolute atomic E-state index is 0.121. The number of amides is 4. The third-order valence-corrected chi connectivity index (χ3v) is 6.72. The fourth-order valence-corrected chi connectivity index (χ4v) is 4.77. The van der Waals surface area contributed by atoms with Crippen molar-refractivity contribution >= 4 is 41.3 Å². The second-order valence-electron chi connectivity index (χ2n) is 13.1. The number of aliphatic hydroxyl groups is 1. The summed E-state index contributed by atoms with van der Waals surface area (Å²) in [5.74, 6) is -0.800. The van der Waals surface area contributed by atoms with Crippen LogP contribution < -0.4 is 21.3 Å². The Bertz CT molecular complexity index is 1640. The van der Waals surface area contributed by atoms with Crippen molar-refractivity contribution in [3.63, 3.8) is 0 Å². The highest BCUT2D eigenvalue weighted by molar-refractivity contribution is 6.07. The smallest absolute Gasteiger partial charge is 0.437 e. The maximum atomic E-state index is 12.9. The van der Waals surface area contributed by atoms with Crippen LogP contribution in [0.25, 0.3) is 0 Å². The molecule has 0 radical (unpaired) electrons. The van der Waals surface area contributed by atoms with E-state index < -0.39 is 35.5 Å². The highest BCUT2D eigenvalue weighted by Crippen LogP contribution is 2.31. The number of aliphatic hydroxyl groups excluding tert-OH is 1. The Morgan fingerprint density at radius 3 is 2.04 bits per heavy atom. The summed E-state index contributed by atoms with van der Waals surface area (Å²) in [4.78, 5) is 54.1. The van der Waals surface area contributed by atoms with Gasteiger partial charge in [0.2, 0.25) is 11.9 Å². The van der Waals surface area contributed by atoms with Crippen LogP contribution in [0.1, 0.15) is 74.6 Å². The van der Waals surface area contributed by atoms with Gasteiger partial charge in [-0.25, -0.2) is 9.59 Å². The van der Waals surface area contributed by atoms with Crippen LogP contribution >= 0.6 is 0 Å². The summed E-state index contributed by atoms with van der Waals surface area (Å²) >= 11 is 0.